The minimum Gasteiger partial charge on any atom is -0.383 e. The summed E-state index contributed by atoms with van der Waals surface area (Å²) < 4.78 is 5.13. The van der Waals surface area contributed by atoms with Crippen molar-refractivity contribution < 1.29 is 9.53 Å². The lowest BCUT2D eigenvalue weighted by atomic mass is 9.99. The third-order valence-corrected chi connectivity index (χ3v) is 5.53. The van der Waals surface area contributed by atoms with Gasteiger partial charge in [-0.25, -0.2) is 0 Å². The molecule has 0 unspecified atom stereocenters. The molecule has 130 valence electrons. The normalized spacial score (nSPS) is 16.7. The summed E-state index contributed by atoms with van der Waals surface area (Å²) in [6.07, 6.45) is 1.56. The van der Waals surface area contributed by atoms with Crippen molar-refractivity contribution in [3.05, 3.63) is 44.9 Å². The number of allylic oxidation sites excluding steroid dienone is 1. The summed E-state index contributed by atoms with van der Waals surface area (Å²) >= 11 is 13.6. The van der Waals surface area contributed by atoms with Crippen LogP contribution in [0.3, 0.4) is 0 Å². The van der Waals surface area contributed by atoms with E-state index in [9.17, 15) is 4.79 Å². The summed E-state index contributed by atoms with van der Waals surface area (Å²) in [7, 11) is 1.64. The van der Waals surface area contributed by atoms with E-state index in [4.69, 9.17) is 27.9 Å². The van der Waals surface area contributed by atoms with Crippen LogP contribution < -0.4 is 0 Å². The third-order valence-electron chi connectivity index (χ3n) is 3.29. The Kier molecular flexibility index (Phi) is 6.37. The summed E-state index contributed by atoms with van der Waals surface area (Å²) in [6, 6.07) is 5.03. The van der Waals surface area contributed by atoms with Crippen molar-refractivity contribution in [1.29, 1.82) is 0 Å². The molecular formula is C17H20Cl2N2O2S. The van der Waals surface area contributed by atoms with Crippen LogP contribution in [0.5, 0.6) is 0 Å². The van der Waals surface area contributed by atoms with E-state index in [1.54, 1.807) is 36.4 Å². The van der Waals surface area contributed by atoms with Crippen LogP contribution in [-0.2, 0) is 4.74 Å². The molecule has 0 spiro atoms. The standard InChI is InChI=1S/C17H20Cl2N2O2S/c1-17(2,3)16-20-21(8-9-23-4)14(24-16)10-13(22)11-6-5-7-12(18)15(11)19/h5-7,10H,8-9H2,1-4H3/b14-10-. The lowest BCUT2D eigenvalue weighted by Crippen LogP contribution is -2.19. The van der Waals surface area contributed by atoms with E-state index in [-0.39, 0.29) is 16.2 Å². The Labute approximate surface area is 156 Å². The highest BCUT2D eigenvalue weighted by Crippen LogP contribution is 2.38. The van der Waals surface area contributed by atoms with Crippen molar-refractivity contribution in [3.8, 4) is 0 Å². The van der Waals surface area contributed by atoms with E-state index in [1.807, 2.05) is 0 Å². The Hall–Kier alpha value is -1.01. The van der Waals surface area contributed by atoms with Crippen molar-refractivity contribution >= 4 is 45.8 Å². The Morgan fingerprint density at radius 3 is 2.71 bits per heavy atom. The Bertz CT molecular complexity index is 696. The largest absolute Gasteiger partial charge is 0.383 e. The van der Waals surface area contributed by atoms with Gasteiger partial charge in [-0.1, -0.05) is 61.8 Å². The van der Waals surface area contributed by atoms with E-state index in [0.29, 0.717) is 23.7 Å². The molecule has 0 amide bonds. The Morgan fingerprint density at radius 2 is 2.08 bits per heavy atom. The van der Waals surface area contributed by atoms with Gasteiger partial charge < -0.3 is 4.74 Å². The number of ketones is 1. The van der Waals surface area contributed by atoms with Gasteiger partial charge in [0.1, 0.15) is 10.1 Å². The number of rotatable bonds is 5. The van der Waals surface area contributed by atoms with Crippen molar-refractivity contribution in [2.75, 3.05) is 20.3 Å². The zero-order chi connectivity index (χ0) is 17.9. The summed E-state index contributed by atoms with van der Waals surface area (Å²) in [5, 5.41) is 8.76. The maximum atomic E-state index is 12.6. The van der Waals surface area contributed by atoms with Crippen LogP contribution in [0.25, 0.3) is 0 Å². The highest BCUT2D eigenvalue weighted by atomic mass is 35.5. The number of methoxy groups -OCH3 is 1. The van der Waals surface area contributed by atoms with Gasteiger partial charge in [0.15, 0.2) is 5.78 Å². The first-order chi connectivity index (χ1) is 11.2. The van der Waals surface area contributed by atoms with E-state index in [1.165, 1.54) is 11.8 Å². The van der Waals surface area contributed by atoms with Gasteiger partial charge in [-0.3, -0.25) is 9.80 Å². The van der Waals surface area contributed by atoms with Crippen LogP contribution in [0.1, 0.15) is 31.1 Å². The van der Waals surface area contributed by atoms with Gasteiger partial charge in [0, 0.05) is 24.2 Å². The second-order valence-corrected chi connectivity index (χ2v) is 8.12. The minimum absolute atomic E-state index is 0.0949. The van der Waals surface area contributed by atoms with E-state index < -0.39 is 0 Å². The Balaban J connectivity index is 2.29. The number of ether oxygens (including phenoxy) is 1. The maximum Gasteiger partial charge on any atom is 0.190 e. The second-order valence-electron chi connectivity index (χ2n) is 6.32. The molecule has 0 bridgehead atoms. The lowest BCUT2D eigenvalue weighted by Gasteiger charge is -2.15. The minimum atomic E-state index is -0.197. The van der Waals surface area contributed by atoms with Gasteiger partial charge in [-0.2, -0.15) is 5.10 Å². The quantitative estimate of drug-likeness (QED) is 0.522. The first-order valence-electron chi connectivity index (χ1n) is 7.47. The SMILES string of the molecule is COCCN1N=C(C(C)(C)C)S/C1=C\C(=O)c1cccc(Cl)c1Cl. The summed E-state index contributed by atoms with van der Waals surface area (Å²) in [4.78, 5) is 12.6. The highest BCUT2D eigenvalue weighted by molar-refractivity contribution is 8.17. The van der Waals surface area contributed by atoms with Crippen LogP contribution in [0.4, 0.5) is 0 Å². The molecule has 7 heteroatoms. The molecule has 1 heterocycles. The molecule has 1 aliphatic rings. The van der Waals surface area contributed by atoms with Crippen LogP contribution in [0.15, 0.2) is 34.4 Å². The van der Waals surface area contributed by atoms with Crippen molar-refractivity contribution in [1.82, 2.24) is 5.01 Å². The second kappa shape index (κ2) is 7.91. The molecule has 0 saturated carbocycles. The molecular weight excluding hydrogens is 367 g/mol. The average Bonchev–Trinajstić information content (AvgIpc) is 2.91. The molecule has 0 fully saturated rings. The van der Waals surface area contributed by atoms with Gasteiger partial charge >= 0.3 is 0 Å². The van der Waals surface area contributed by atoms with Crippen molar-refractivity contribution in [3.63, 3.8) is 0 Å². The molecule has 4 nitrogen and oxygen atoms in total. The fourth-order valence-corrected chi connectivity index (χ4v) is 3.40. The number of hydrogen-bond acceptors (Lipinski definition) is 5. The number of carbonyl (C=O) groups is 1. The number of hydrazone groups is 1. The van der Waals surface area contributed by atoms with Gasteiger partial charge in [0.25, 0.3) is 0 Å². The number of thioether (sulfide) groups is 1. The van der Waals surface area contributed by atoms with E-state index >= 15 is 0 Å². The monoisotopic (exact) mass is 386 g/mol. The zero-order valence-electron chi connectivity index (χ0n) is 14.1. The summed E-state index contributed by atoms with van der Waals surface area (Å²) in [5.74, 6) is -0.197. The van der Waals surface area contributed by atoms with Crippen molar-refractivity contribution in [2.24, 2.45) is 10.5 Å². The first-order valence-corrected chi connectivity index (χ1v) is 9.04. The number of halogens is 2. The molecule has 1 aromatic rings. The smallest absolute Gasteiger partial charge is 0.190 e. The van der Waals surface area contributed by atoms with Gasteiger partial charge in [-0.05, 0) is 12.1 Å². The molecule has 0 aliphatic carbocycles. The van der Waals surface area contributed by atoms with E-state index in [2.05, 4.69) is 25.9 Å². The Morgan fingerprint density at radius 1 is 1.38 bits per heavy atom. The van der Waals surface area contributed by atoms with Gasteiger partial charge in [-0.15, -0.1) is 0 Å². The van der Waals surface area contributed by atoms with Gasteiger partial charge in [0.2, 0.25) is 0 Å². The molecule has 2 rings (SSSR count). The number of benzene rings is 1. The molecule has 0 atom stereocenters. The maximum absolute atomic E-state index is 12.6. The third kappa shape index (κ3) is 4.54. The fraction of sp³-hybridized carbons (Fsp3) is 0.412. The first kappa shape index (κ1) is 19.3. The molecule has 1 aromatic carbocycles. The molecule has 0 aromatic heterocycles. The predicted octanol–water partition coefficient (Wildman–Crippen LogP) is 5.07. The van der Waals surface area contributed by atoms with Crippen LogP contribution in [-0.4, -0.2) is 36.1 Å². The summed E-state index contributed by atoms with van der Waals surface area (Å²) in [5.41, 5.74) is 0.288. The molecule has 0 N–H and O–H groups in total. The molecule has 0 saturated heterocycles. The summed E-state index contributed by atoms with van der Waals surface area (Å²) in [6.45, 7) is 7.36. The van der Waals surface area contributed by atoms with Gasteiger partial charge in [0.05, 0.1) is 23.2 Å². The molecule has 1 aliphatic heterocycles. The topological polar surface area (TPSA) is 41.9 Å². The zero-order valence-corrected chi connectivity index (χ0v) is 16.4. The van der Waals surface area contributed by atoms with Crippen LogP contribution in [0.2, 0.25) is 10.0 Å². The van der Waals surface area contributed by atoms with Crippen LogP contribution in [0, 0.1) is 5.41 Å². The number of hydrogen-bond donors (Lipinski definition) is 0. The molecule has 24 heavy (non-hydrogen) atoms. The van der Waals surface area contributed by atoms with E-state index in [0.717, 1.165) is 10.1 Å². The van der Waals surface area contributed by atoms with Crippen molar-refractivity contribution in [2.45, 2.75) is 20.8 Å². The number of carbonyl (C=O) groups excluding carboxylic acids is 1. The lowest BCUT2D eigenvalue weighted by molar-refractivity contribution is 0.104. The molecule has 0 radical (unpaired) electrons. The fourth-order valence-electron chi connectivity index (χ4n) is 1.96. The number of nitrogens with zero attached hydrogens (tertiary/aromatic N) is 2. The van der Waals surface area contributed by atoms with Crippen LogP contribution >= 0.6 is 35.0 Å². The average molecular weight is 387 g/mol. The highest BCUT2D eigenvalue weighted by Gasteiger charge is 2.30. The predicted molar refractivity (Wildman–Crippen MR) is 102 cm³/mol.